The Morgan fingerprint density at radius 2 is 0.906 bits per heavy atom. The highest BCUT2D eigenvalue weighted by Gasteiger charge is 2.23. The molecule has 0 aromatic carbocycles. The number of likely N-dealkylation sites (N-methyl/N-ethyl adjacent to an activating group) is 1. The monoisotopic (exact) mass is 927 g/mol. The SMILES string of the molecule is CCCCCCCC/C=C\CCCCCCCCOCC(C[N+](C)(C)CCNC(=O)NCCCNCCCCNCCCN)OCCCCCCCC/C=C\CCCCCCCC.[Cl-]. The molecule has 0 aromatic heterocycles. The molecule has 0 aromatic rings. The number of carbonyl (C=O) groups is 1. The zero-order chi connectivity index (χ0) is 45.8. The third kappa shape index (κ3) is 53.4. The van der Waals surface area contributed by atoms with Gasteiger partial charge in [0.1, 0.15) is 12.6 Å². The van der Waals surface area contributed by atoms with Crippen LogP contribution in [-0.2, 0) is 9.47 Å². The zero-order valence-corrected chi connectivity index (χ0v) is 43.9. The van der Waals surface area contributed by atoms with Crippen LogP contribution in [-0.4, -0.2) is 109 Å². The fourth-order valence-corrected chi connectivity index (χ4v) is 7.99. The number of allylic oxidation sites excluding steroid dienone is 4. The van der Waals surface area contributed by atoms with Crippen molar-refractivity contribution in [3.8, 4) is 0 Å². The minimum absolute atomic E-state index is 0. The van der Waals surface area contributed by atoms with E-state index in [1.807, 2.05) is 0 Å². The summed E-state index contributed by atoms with van der Waals surface area (Å²) >= 11 is 0. The van der Waals surface area contributed by atoms with Gasteiger partial charge in [0.2, 0.25) is 0 Å². The molecule has 64 heavy (non-hydrogen) atoms. The maximum absolute atomic E-state index is 12.5. The molecule has 0 fully saturated rings. The van der Waals surface area contributed by atoms with E-state index in [1.165, 1.54) is 173 Å². The Balaban J connectivity index is 0. The molecule has 6 N–H and O–H groups in total. The van der Waals surface area contributed by atoms with Crippen LogP contribution in [0, 0.1) is 0 Å². The van der Waals surface area contributed by atoms with Gasteiger partial charge in [-0.1, -0.05) is 154 Å². The summed E-state index contributed by atoms with van der Waals surface area (Å²) in [6.45, 7) is 14.6. The average molecular weight is 928 g/mol. The molecule has 0 saturated heterocycles. The largest absolute Gasteiger partial charge is 1.00 e. The molecule has 9 nitrogen and oxygen atoms in total. The summed E-state index contributed by atoms with van der Waals surface area (Å²) < 4.78 is 13.6. The summed E-state index contributed by atoms with van der Waals surface area (Å²) in [6, 6.07) is -0.0784. The zero-order valence-electron chi connectivity index (χ0n) is 43.1. The summed E-state index contributed by atoms with van der Waals surface area (Å²) in [7, 11) is 4.49. The van der Waals surface area contributed by atoms with Gasteiger partial charge >= 0.3 is 6.03 Å². The first kappa shape index (κ1) is 64.9. The number of quaternary nitrogens is 1. The van der Waals surface area contributed by atoms with Crippen LogP contribution < -0.4 is 39.4 Å². The number of rotatable bonds is 52. The van der Waals surface area contributed by atoms with E-state index >= 15 is 0 Å². The minimum Gasteiger partial charge on any atom is -1.00 e. The molecule has 0 heterocycles. The van der Waals surface area contributed by atoms with E-state index in [-0.39, 0.29) is 24.5 Å². The highest BCUT2D eigenvalue weighted by atomic mass is 35.5. The lowest BCUT2D eigenvalue weighted by molar-refractivity contribution is -0.892. The van der Waals surface area contributed by atoms with Crippen molar-refractivity contribution in [3.63, 3.8) is 0 Å². The molecule has 0 aliphatic rings. The second-order valence-corrected chi connectivity index (χ2v) is 19.2. The lowest BCUT2D eigenvalue weighted by Crippen LogP contribution is -3.00. The van der Waals surface area contributed by atoms with Crippen molar-refractivity contribution in [3.05, 3.63) is 24.3 Å². The van der Waals surface area contributed by atoms with E-state index in [1.54, 1.807) is 0 Å². The van der Waals surface area contributed by atoms with Crippen molar-refractivity contribution in [1.82, 2.24) is 21.3 Å². The van der Waals surface area contributed by atoms with Crippen LogP contribution in [0.3, 0.4) is 0 Å². The van der Waals surface area contributed by atoms with Crippen molar-refractivity contribution in [1.29, 1.82) is 0 Å². The van der Waals surface area contributed by atoms with E-state index < -0.39 is 0 Å². The molecule has 0 radical (unpaired) electrons. The summed E-state index contributed by atoms with van der Waals surface area (Å²) in [5.74, 6) is 0. The normalized spacial score (nSPS) is 12.4. The van der Waals surface area contributed by atoms with Crippen LogP contribution >= 0.6 is 0 Å². The Bertz CT molecular complexity index is 971. The standard InChI is InChI=1S/C54H110N6O3.ClH/c1-5-7-9-11-13-15-17-19-21-23-25-27-29-31-33-37-49-62-52-53(63-50-38-34-32-30-28-26-24-22-20-18-16-14-12-10-8-6-2)51-60(3,4)48-47-59-54(61)58-46-40-45-57-43-36-35-42-56-44-39-41-55;/h19-22,53,56-57H,5-18,23-52,55H2,1-4H3,(H-,58,59,61);1H/b21-19-,22-20-;. The topological polar surface area (TPSA) is 110 Å². The van der Waals surface area contributed by atoms with Crippen LogP contribution in [0.4, 0.5) is 4.79 Å². The smallest absolute Gasteiger partial charge is 0.314 e. The lowest BCUT2D eigenvalue weighted by atomic mass is 10.1. The quantitative estimate of drug-likeness (QED) is 0.0236. The Labute approximate surface area is 405 Å². The predicted octanol–water partition coefficient (Wildman–Crippen LogP) is 9.54. The highest BCUT2D eigenvalue weighted by Crippen LogP contribution is 2.13. The number of nitrogens with two attached hydrogens (primary N) is 1. The van der Waals surface area contributed by atoms with Gasteiger partial charge in [-0.15, -0.1) is 0 Å². The Kier molecular flexibility index (Phi) is 55.2. The molecule has 0 spiro atoms. The number of carbonyl (C=O) groups excluding carboxylic acids is 1. The number of nitrogens with one attached hydrogen (secondary N) is 4. The second kappa shape index (κ2) is 54.4. The van der Waals surface area contributed by atoms with Gasteiger partial charge in [-0.05, 0) is 123 Å². The fraction of sp³-hybridized carbons (Fsp3) is 0.907. The molecule has 0 rings (SSSR count). The van der Waals surface area contributed by atoms with E-state index in [0.717, 1.165) is 95.6 Å². The summed E-state index contributed by atoms with van der Waals surface area (Å²) in [5, 5.41) is 13.0. The van der Waals surface area contributed by atoms with Gasteiger partial charge in [0.15, 0.2) is 0 Å². The second-order valence-electron chi connectivity index (χ2n) is 19.2. The molecule has 2 amide bonds. The summed E-state index contributed by atoms with van der Waals surface area (Å²) in [5.41, 5.74) is 5.54. The van der Waals surface area contributed by atoms with Crippen LogP contribution in [0.5, 0.6) is 0 Å². The van der Waals surface area contributed by atoms with Crippen molar-refractivity contribution >= 4 is 6.03 Å². The molecular formula is C54H111ClN6O3. The number of hydrogen-bond donors (Lipinski definition) is 5. The van der Waals surface area contributed by atoms with Gasteiger partial charge in [-0.2, -0.15) is 0 Å². The number of halogens is 1. The maximum Gasteiger partial charge on any atom is 0.314 e. The van der Waals surface area contributed by atoms with Crippen molar-refractivity contribution in [2.24, 2.45) is 5.73 Å². The van der Waals surface area contributed by atoms with Crippen LogP contribution in [0.15, 0.2) is 24.3 Å². The maximum atomic E-state index is 12.5. The van der Waals surface area contributed by atoms with Crippen molar-refractivity contribution in [2.45, 2.75) is 225 Å². The molecule has 0 bridgehead atoms. The Hall–Kier alpha value is -1.20. The van der Waals surface area contributed by atoms with Gasteiger partial charge < -0.3 is 53.4 Å². The fourth-order valence-electron chi connectivity index (χ4n) is 7.99. The molecular weight excluding hydrogens is 816 g/mol. The Morgan fingerprint density at radius 3 is 1.39 bits per heavy atom. The van der Waals surface area contributed by atoms with E-state index in [4.69, 9.17) is 15.2 Å². The molecule has 0 aliphatic heterocycles. The Morgan fingerprint density at radius 1 is 0.500 bits per heavy atom. The van der Waals surface area contributed by atoms with E-state index in [9.17, 15) is 4.79 Å². The molecule has 10 heteroatoms. The van der Waals surface area contributed by atoms with Crippen LogP contribution in [0.25, 0.3) is 0 Å². The molecule has 1 atom stereocenters. The van der Waals surface area contributed by atoms with E-state index in [2.05, 4.69) is 73.5 Å². The van der Waals surface area contributed by atoms with Crippen LogP contribution in [0.2, 0.25) is 0 Å². The minimum atomic E-state index is -0.0784. The molecule has 0 saturated carbocycles. The van der Waals surface area contributed by atoms with Gasteiger partial charge in [-0.25, -0.2) is 4.79 Å². The van der Waals surface area contributed by atoms with Gasteiger partial charge in [0, 0.05) is 19.8 Å². The van der Waals surface area contributed by atoms with E-state index in [0.29, 0.717) is 19.7 Å². The number of hydrogen-bond acceptors (Lipinski definition) is 6. The first-order valence-electron chi connectivity index (χ1n) is 27.4. The molecule has 0 aliphatic carbocycles. The highest BCUT2D eigenvalue weighted by molar-refractivity contribution is 5.73. The number of amides is 2. The van der Waals surface area contributed by atoms with Gasteiger partial charge in [-0.3, -0.25) is 0 Å². The summed E-state index contributed by atoms with van der Waals surface area (Å²) in [6.07, 6.45) is 50.9. The van der Waals surface area contributed by atoms with Crippen LogP contribution in [0.1, 0.15) is 219 Å². The third-order valence-electron chi connectivity index (χ3n) is 12.1. The predicted molar refractivity (Wildman–Crippen MR) is 276 cm³/mol. The molecule has 1 unspecified atom stereocenters. The number of nitrogens with zero attached hydrogens (tertiary/aromatic N) is 1. The first-order valence-corrected chi connectivity index (χ1v) is 27.4. The number of urea groups is 1. The summed E-state index contributed by atoms with van der Waals surface area (Å²) in [4.78, 5) is 12.5. The van der Waals surface area contributed by atoms with Crippen molar-refractivity contribution < 1.29 is 31.2 Å². The average Bonchev–Trinajstić information content (AvgIpc) is 3.27. The molecule has 382 valence electrons. The first-order chi connectivity index (χ1) is 30.9. The third-order valence-corrected chi connectivity index (χ3v) is 12.1. The van der Waals surface area contributed by atoms with Gasteiger partial charge in [0.25, 0.3) is 0 Å². The van der Waals surface area contributed by atoms with Gasteiger partial charge in [0.05, 0.1) is 33.8 Å². The lowest BCUT2D eigenvalue weighted by Gasteiger charge is -2.33. The van der Waals surface area contributed by atoms with Crippen molar-refractivity contribution in [2.75, 3.05) is 92.8 Å². The number of unbranched alkanes of at least 4 members (excludes halogenated alkanes) is 25. The number of ether oxygens (including phenoxy) is 2.